The molecule has 0 aliphatic carbocycles. The van der Waals surface area contributed by atoms with Gasteiger partial charge in [-0.05, 0) is 39.2 Å². The Morgan fingerprint density at radius 1 is 1.31 bits per heavy atom. The molecular weight excluding hydrogens is 198 g/mol. The molecule has 0 fully saturated rings. The first-order valence-corrected chi connectivity index (χ1v) is 6.42. The molecule has 0 atom stereocenters. The molecule has 0 amide bonds. The van der Waals surface area contributed by atoms with Gasteiger partial charge in [0.15, 0.2) is 0 Å². The quantitative estimate of drug-likeness (QED) is 0.764. The van der Waals surface area contributed by atoms with E-state index in [4.69, 9.17) is 5.10 Å². The molecule has 2 rings (SSSR count). The van der Waals surface area contributed by atoms with E-state index in [9.17, 15) is 0 Å². The van der Waals surface area contributed by atoms with Crippen LogP contribution in [0.4, 0.5) is 0 Å². The molecule has 0 spiro atoms. The van der Waals surface area contributed by atoms with Crippen molar-refractivity contribution < 1.29 is 0 Å². The zero-order valence-corrected chi connectivity index (χ0v) is 11.0. The molecule has 90 valence electrons. The number of hydrogen-bond donors (Lipinski definition) is 0. The lowest BCUT2D eigenvalue weighted by atomic mass is 10.1. The first kappa shape index (κ1) is 11.6. The summed E-state index contributed by atoms with van der Waals surface area (Å²) in [7, 11) is 0. The fourth-order valence-corrected chi connectivity index (χ4v) is 2.50. The second kappa shape index (κ2) is 4.58. The molecule has 3 nitrogen and oxygen atoms in total. The van der Waals surface area contributed by atoms with Gasteiger partial charge in [-0.3, -0.25) is 9.58 Å². The van der Waals surface area contributed by atoms with Crippen molar-refractivity contribution >= 4 is 0 Å². The van der Waals surface area contributed by atoms with Crippen molar-refractivity contribution in [1.29, 1.82) is 0 Å². The second-order valence-corrected chi connectivity index (χ2v) is 5.01. The zero-order chi connectivity index (χ0) is 11.7. The van der Waals surface area contributed by atoms with Gasteiger partial charge in [0.05, 0.1) is 11.4 Å². The van der Waals surface area contributed by atoms with Crippen LogP contribution in [0.5, 0.6) is 0 Å². The van der Waals surface area contributed by atoms with Gasteiger partial charge >= 0.3 is 0 Å². The number of aryl methyl sites for hydroxylation is 2. The molecule has 0 unspecified atom stereocenters. The van der Waals surface area contributed by atoms with Gasteiger partial charge in [0.25, 0.3) is 0 Å². The van der Waals surface area contributed by atoms with Crippen LogP contribution in [-0.2, 0) is 19.5 Å². The van der Waals surface area contributed by atoms with Gasteiger partial charge in [-0.1, -0.05) is 6.92 Å². The highest BCUT2D eigenvalue weighted by molar-refractivity contribution is 5.25. The average molecular weight is 221 g/mol. The molecule has 16 heavy (non-hydrogen) atoms. The summed E-state index contributed by atoms with van der Waals surface area (Å²) in [5.41, 5.74) is 4.12. The van der Waals surface area contributed by atoms with Gasteiger partial charge in [-0.2, -0.15) is 5.10 Å². The third-order valence-corrected chi connectivity index (χ3v) is 3.65. The van der Waals surface area contributed by atoms with E-state index in [0.717, 1.165) is 19.5 Å². The van der Waals surface area contributed by atoms with Crippen molar-refractivity contribution in [3.63, 3.8) is 0 Å². The standard InChI is InChI=1S/C13H23N3/c1-5-12-11(4)13-9-15(10(2)3)7-6-8-16(13)14-12/h10H,5-9H2,1-4H3. The van der Waals surface area contributed by atoms with Crippen molar-refractivity contribution in [3.8, 4) is 0 Å². The van der Waals surface area contributed by atoms with Gasteiger partial charge in [-0.15, -0.1) is 0 Å². The molecule has 0 saturated heterocycles. The molecule has 1 aliphatic rings. The Morgan fingerprint density at radius 3 is 2.69 bits per heavy atom. The lowest BCUT2D eigenvalue weighted by Gasteiger charge is -2.24. The Hall–Kier alpha value is -0.830. The monoisotopic (exact) mass is 221 g/mol. The van der Waals surface area contributed by atoms with Crippen molar-refractivity contribution in [1.82, 2.24) is 14.7 Å². The van der Waals surface area contributed by atoms with E-state index in [0.29, 0.717) is 6.04 Å². The highest BCUT2D eigenvalue weighted by Crippen LogP contribution is 2.20. The predicted molar refractivity (Wildman–Crippen MR) is 66.5 cm³/mol. The van der Waals surface area contributed by atoms with E-state index < -0.39 is 0 Å². The number of nitrogens with zero attached hydrogens (tertiary/aromatic N) is 3. The summed E-state index contributed by atoms with van der Waals surface area (Å²) in [6, 6.07) is 0.630. The summed E-state index contributed by atoms with van der Waals surface area (Å²) in [4.78, 5) is 2.55. The smallest absolute Gasteiger partial charge is 0.0654 e. The van der Waals surface area contributed by atoms with Crippen LogP contribution in [0.1, 0.15) is 44.1 Å². The number of rotatable bonds is 2. The summed E-state index contributed by atoms with van der Waals surface area (Å²) >= 11 is 0. The van der Waals surface area contributed by atoms with Gasteiger partial charge in [0.2, 0.25) is 0 Å². The predicted octanol–water partition coefficient (Wildman–Crippen LogP) is 2.37. The fourth-order valence-electron chi connectivity index (χ4n) is 2.50. The van der Waals surface area contributed by atoms with Crippen LogP contribution in [0, 0.1) is 6.92 Å². The highest BCUT2D eigenvalue weighted by atomic mass is 15.3. The molecular formula is C13H23N3. The van der Waals surface area contributed by atoms with E-state index in [1.165, 1.54) is 29.9 Å². The summed E-state index contributed by atoms with van der Waals surface area (Å²) in [5, 5.41) is 4.71. The minimum Gasteiger partial charge on any atom is -0.295 e. The molecule has 1 aromatic rings. The fraction of sp³-hybridized carbons (Fsp3) is 0.769. The molecule has 1 aliphatic heterocycles. The molecule has 1 aromatic heterocycles. The number of fused-ring (bicyclic) bond motifs is 1. The molecule has 0 aromatic carbocycles. The van der Waals surface area contributed by atoms with Crippen LogP contribution in [0.25, 0.3) is 0 Å². The number of aromatic nitrogens is 2. The lowest BCUT2D eigenvalue weighted by Crippen LogP contribution is -2.30. The molecule has 2 heterocycles. The summed E-state index contributed by atoms with van der Waals surface area (Å²) < 4.78 is 2.23. The van der Waals surface area contributed by atoms with E-state index >= 15 is 0 Å². The van der Waals surface area contributed by atoms with Crippen LogP contribution in [-0.4, -0.2) is 27.3 Å². The topological polar surface area (TPSA) is 21.1 Å². The lowest BCUT2D eigenvalue weighted by molar-refractivity contribution is 0.216. The highest BCUT2D eigenvalue weighted by Gasteiger charge is 2.20. The SMILES string of the molecule is CCc1nn2c(c1C)CN(C(C)C)CCC2. The molecule has 0 bridgehead atoms. The van der Waals surface area contributed by atoms with Crippen molar-refractivity contribution in [2.75, 3.05) is 6.54 Å². The summed E-state index contributed by atoms with van der Waals surface area (Å²) in [5.74, 6) is 0. The van der Waals surface area contributed by atoms with Crippen LogP contribution < -0.4 is 0 Å². The van der Waals surface area contributed by atoms with E-state index in [1.54, 1.807) is 0 Å². The maximum atomic E-state index is 4.71. The van der Waals surface area contributed by atoms with Crippen molar-refractivity contribution in [2.45, 2.75) is 59.7 Å². The van der Waals surface area contributed by atoms with E-state index in [2.05, 4.69) is 37.3 Å². The van der Waals surface area contributed by atoms with Gasteiger partial charge in [-0.25, -0.2) is 0 Å². The van der Waals surface area contributed by atoms with E-state index in [1.807, 2.05) is 0 Å². The number of hydrogen-bond acceptors (Lipinski definition) is 2. The van der Waals surface area contributed by atoms with Gasteiger partial charge in [0, 0.05) is 25.7 Å². The zero-order valence-electron chi connectivity index (χ0n) is 11.0. The third-order valence-electron chi connectivity index (χ3n) is 3.65. The molecule has 3 heteroatoms. The van der Waals surface area contributed by atoms with Crippen LogP contribution >= 0.6 is 0 Å². The minimum absolute atomic E-state index is 0.630. The molecule has 0 saturated carbocycles. The van der Waals surface area contributed by atoms with Crippen LogP contribution in [0.2, 0.25) is 0 Å². The van der Waals surface area contributed by atoms with Crippen molar-refractivity contribution in [3.05, 3.63) is 17.0 Å². The largest absolute Gasteiger partial charge is 0.295 e. The Labute approximate surface area is 98.4 Å². The first-order chi connectivity index (χ1) is 7.63. The normalized spacial score (nSPS) is 17.6. The Morgan fingerprint density at radius 2 is 2.06 bits per heavy atom. The molecule has 0 N–H and O–H groups in total. The second-order valence-electron chi connectivity index (χ2n) is 5.01. The minimum atomic E-state index is 0.630. The Bertz CT molecular complexity index is 365. The van der Waals surface area contributed by atoms with Crippen LogP contribution in [0.3, 0.4) is 0 Å². The third kappa shape index (κ3) is 2.01. The Kier molecular flexibility index (Phi) is 3.33. The molecule has 0 radical (unpaired) electrons. The average Bonchev–Trinajstić information content (AvgIpc) is 2.46. The van der Waals surface area contributed by atoms with Crippen molar-refractivity contribution in [2.24, 2.45) is 0 Å². The maximum Gasteiger partial charge on any atom is 0.0654 e. The first-order valence-electron chi connectivity index (χ1n) is 6.42. The maximum absolute atomic E-state index is 4.71. The van der Waals surface area contributed by atoms with E-state index in [-0.39, 0.29) is 0 Å². The van der Waals surface area contributed by atoms with Crippen LogP contribution in [0.15, 0.2) is 0 Å². The summed E-state index contributed by atoms with van der Waals surface area (Å²) in [6.07, 6.45) is 2.27. The van der Waals surface area contributed by atoms with Gasteiger partial charge in [0.1, 0.15) is 0 Å². The Balaban J connectivity index is 2.31. The summed E-state index contributed by atoms with van der Waals surface area (Å²) in [6.45, 7) is 12.3. The van der Waals surface area contributed by atoms with Gasteiger partial charge < -0.3 is 0 Å².